The molecule has 84 valence electrons. The first-order chi connectivity index (χ1) is 7.17. The summed E-state index contributed by atoms with van der Waals surface area (Å²) < 4.78 is 18.0. The number of halogens is 1. The Labute approximate surface area is 86.3 Å². The maximum atomic E-state index is 13.1. The van der Waals surface area contributed by atoms with E-state index in [0.29, 0.717) is 0 Å². The minimum atomic E-state index is -0.626. The van der Waals surface area contributed by atoms with Gasteiger partial charge in [0.1, 0.15) is 0 Å². The van der Waals surface area contributed by atoms with Crippen molar-refractivity contribution in [2.75, 3.05) is 31.4 Å². The third-order valence-electron chi connectivity index (χ3n) is 1.69. The average molecular weight is 216 g/mol. The molecule has 0 amide bonds. The molecule has 0 bridgehead atoms. The molecule has 0 aliphatic carbocycles. The minimum Gasteiger partial charge on any atom is -0.394 e. The van der Waals surface area contributed by atoms with E-state index >= 15 is 0 Å². The fraction of sp³-hybridized carbons (Fsp3) is 0.500. The quantitative estimate of drug-likeness (QED) is 0.621. The van der Waals surface area contributed by atoms with Gasteiger partial charge in [0.05, 0.1) is 25.5 Å². The SMILES string of the molecule is COCC(CO)Nc1nc(N)ncc1F. The summed E-state index contributed by atoms with van der Waals surface area (Å²) >= 11 is 0. The third kappa shape index (κ3) is 3.30. The first kappa shape index (κ1) is 11.6. The monoisotopic (exact) mass is 216 g/mol. The molecule has 1 unspecified atom stereocenters. The highest BCUT2D eigenvalue weighted by atomic mass is 19.1. The van der Waals surface area contributed by atoms with E-state index in [9.17, 15) is 4.39 Å². The fourth-order valence-corrected chi connectivity index (χ4v) is 1.02. The molecule has 0 saturated carbocycles. The minimum absolute atomic E-state index is 0.0343. The van der Waals surface area contributed by atoms with Crippen LogP contribution in [0.4, 0.5) is 16.2 Å². The van der Waals surface area contributed by atoms with Gasteiger partial charge in [-0.2, -0.15) is 4.98 Å². The lowest BCUT2D eigenvalue weighted by Gasteiger charge is -2.15. The zero-order valence-corrected chi connectivity index (χ0v) is 8.27. The van der Waals surface area contributed by atoms with Gasteiger partial charge >= 0.3 is 0 Å². The normalized spacial score (nSPS) is 12.5. The number of rotatable bonds is 5. The number of aliphatic hydroxyl groups is 1. The smallest absolute Gasteiger partial charge is 0.222 e. The summed E-state index contributed by atoms with van der Waals surface area (Å²) in [4.78, 5) is 7.13. The van der Waals surface area contributed by atoms with Gasteiger partial charge in [-0.15, -0.1) is 0 Å². The summed E-state index contributed by atoms with van der Waals surface area (Å²) in [6.07, 6.45) is 0.964. The van der Waals surface area contributed by atoms with Crippen molar-refractivity contribution in [3.8, 4) is 0 Å². The van der Waals surface area contributed by atoms with E-state index in [4.69, 9.17) is 15.6 Å². The van der Waals surface area contributed by atoms with Crippen LogP contribution in [0.3, 0.4) is 0 Å². The highest BCUT2D eigenvalue weighted by molar-refractivity contribution is 5.40. The number of nitrogens with one attached hydrogen (secondary N) is 1. The van der Waals surface area contributed by atoms with E-state index in [-0.39, 0.29) is 25.0 Å². The molecule has 0 aliphatic heterocycles. The van der Waals surface area contributed by atoms with Crippen LogP contribution in [0.25, 0.3) is 0 Å². The summed E-state index contributed by atoms with van der Waals surface area (Å²) in [6.45, 7) is 0.0387. The van der Waals surface area contributed by atoms with Gasteiger partial charge in [0, 0.05) is 7.11 Å². The number of methoxy groups -OCH3 is 1. The molecule has 1 rings (SSSR count). The highest BCUT2D eigenvalue weighted by Crippen LogP contribution is 2.11. The topological polar surface area (TPSA) is 93.3 Å². The predicted octanol–water partition coefficient (Wildman–Crippen LogP) is -0.383. The van der Waals surface area contributed by atoms with Crippen molar-refractivity contribution in [2.45, 2.75) is 6.04 Å². The van der Waals surface area contributed by atoms with Gasteiger partial charge in [0.15, 0.2) is 11.6 Å². The molecule has 1 aromatic heterocycles. The second-order valence-corrected chi connectivity index (χ2v) is 2.90. The molecular formula is C8H13FN4O2. The van der Waals surface area contributed by atoms with Crippen LogP contribution >= 0.6 is 0 Å². The fourth-order valence-electron chi connectivity index (χ4n) is 1.02. The Balaban J connectivity index is 2.73. The zero-order chi connectivity index (χ0) is 11.3. The van der Waals surface area contributed by atoms with Gasteiger partial charge in [0.25, 0.3) is 0 Å². The second kappa shape index (κ2) is 5.42. The Morgan fingerprint density at radius 1 is 1.73 bits per heavy atom. The van der Waals surface area contributed by atoms with Crippen LogP contribution in [0.15, 0.2) is 6.20 Å². The molecule has 0 aliphatic rings. The van der Waals surface area contributed by atoms with Crippen molar-refractivity contribution in [2.24, 2.45) is 0 Å². The number of hydrogen-bond donors (Lipinski definition) is 3. The molecular weight excluding hydrogens is 203 g/mol. The lowest BCUT2D eigenvalue weighted by molar-refractivity contribution is 0.153. The summed E-state index contributed by atoms with van der Waals surface area (Å²) in [6, 6.07) is -0.432. The Morgan fingerprint density at radius 3 is 3.07 bits per heavy atom. The van der Waals surface area contributed by atoms with Crippen LogP contribution < -0.4 is 11.1 Å². The average Bonchev–Trinajstić information content (AvgIpc) is 2.22. The highest BCUT2D eigenvalue weighted by Gasteiger charge is 2.11. The molecule has 0 fully saturated rings. The van der Waals surface area contributed by atoms with Crippen LogP contribution in [0, 0.1) is 5.82 Å². The second-order valence-electron chi connectivity index (χ2n) is 2.90. The molecule has 6 nitrogen and oxygen atoms in total. The molecule has 1 aromatic rings. The summed E-state index contributed by atoms with van der Waals surface area (Å²) in [7, 11) is 1.48. The number of nitrogens with two attached hydrogens (primary N) is 1. The van der Waals surface area contributed by atoms with Gasteiger partial charge in [-0.05, 0) is 0 Å². The molecule has 0 spiro atoms. The van der Waals surface area contributed by atoms with Crippen LogP contribution in [0.2, 0.25) is 0 Å². The number of ether oxygens (including phenoxy) is 1. The van der Waals surface area contributed by atoms with Crippen LogP contribution in [0.5, 0.6) is 0 Å². The number of hydrogen-bond acceptors (Lipinski definition) is 6. The van der Waals surface area contributed by atoms with Gasteiger partial charge in [0.2, 0.25) is 5.95 Å². The number of nitrogen functional groups attached to an aromatic ring is 1. The molecule has 15 heavy (non-hydrogen) atoms. The predicted molar refractivity (Wildman–Crippen MR) is 52.8 cm³/mol. The standard InChI is InChI=1S/C8H13FN4O2/c1-15-4-5(3-14)12-7-6(9)2-11-8(10)13-7/h2,5,14H,3-4H2,1H3,(H3,10,11,12,13). The van der Waals surface area contributed by atoms with Crippen molar-refractivity contribution in [1.82, 2.24) is 9.97 Å². The summed E-state index contributed by atoms with van der Waals surface area (Å²) in [5.74, 6) is -0.703. The first-order valence-corrected chi connectivity index (χ1v) is 4.31. The maximum Gasteiger partial charge on any atom is 0.222 e. The lowest BCUT2D eigenvalue weighted by Crippen LogP contribution is -2.29. The van der Waals surface area contributed by atoms with Crippen molar-refractivity contribution >= 4 is 11.8 Å². The number of aliphatic hydroxyl groups excluding tert-OH is 1. The Hall–Kier alpha value is -1.47. The third-order valence-corrected chi connectivity index (χ3v) is 1.69. The lowest BCUT2D eigenvalue weighted by atomic mass is 10.3. The van der Waals surface area contributed by atoms with E-state index in [1.807, 2.05) is 0 Å². The number of nitrogens with zero attached hydrogens (tertiary/aromatic N) is 2. The van der Waals surface area contributed by atoms with Gasteiger partial charge < -0.3 is 20.9 Å². The Kier molecular flexibility index (Phi) is 4.19. The first-order valence-electron chi connectivity index (χ1n) is 4.31. The summed E-state index contributed by atoms with van der Waals surface area (Å²) in [5, 5.41) is 11.6. The summed E-state index contributed by atoms with van der Waals surface area (Å²) in [5.41, 5.74) is 5.30. The van der Waals surface area contributed by atoms with Crippen LogP contribution in [-0.4, -0.2) is 41.4 Å². The van der Waals surface area contributed by atoms with Gasteiger partial charge in [-0.3, -0.25) is 0 Å². The molecule has 7 heteroatoms. The number of aromatic nitrogens is 2. The Morgan fingerprint density at radius 2 is 2.47 bits per heavy atom. The molecule has 4 N–H and O–H groups in total. The van der Waals surface area contributed by atoms with Gasteiger partial charge in [-0.1, -0.05) is 0 Å². The van der Waals surface area contributed by atoms with Crippen molar-refractivity contribution < 1.29 is 14.2 Å². The zero-order valence-electron chi connectivity index (χ0n) is 8.27. The van der Waals surface area contributed by atoms with E-state index in [1.165, 1.54) is 7.11 Å². The van der Waals surface area contributed by atoms with E-state index < -0.39 is 11.9 Å². The van der Waals surface area contributed by atoms with Gasteiger partial charge in [-0.25, -0.2) is 9.37 Å². The molecule has 0 radical (unpaired) electrons. The maximum absolute atomic E-state index is 13.1. The largest absolute Gasteiger partial charge is 0.394 e. The van der Waals surface area contributed by atoms with E-state index in [0.717, 1.165) is 6.20 Å². The Bertz CT molecular complexity index is 324. The van der Waals surface area contributed by atoms with E-state index in [1.54, 1.807) is 0 Å². The number of anilines is 2. The van der Waals surface area contributed by atoms with Crippen LogP contribution in [-0.2, 0) is 4.74 Å². The molecule has 0 aromatic carbocycles. The van der Waals surface area contributed by atoms with Crippen molar-refractivity contribution in [3.63, 3.8) is 0 Å². The molecule has 0 saturated heterocycles. The molecule has 1 heterocycles. The molecule has 1 atom stereocenters. The van der Waals surface area contributed by atoms with E-state index in [2.05, 4.69) is 15.3 Å². The van der Waals surface area contributed by atoms with Crippen LogP contribution in [0.1, 0.15) is 0 Å². The van der Waals surface area contributed by atoms with Crippen molar-refractivity contribution in [1.29, 1.82) is 0 Å². The van der Waals surface area contributed by atoms with Crippen molar-refractivity contribution in [3.05, 3.63) is 12.0 Å².